The molecule has 2 heterocycles. The number of alkyl halides is 1. The van der Waals surface area contributed by atoms with Gasteiger partial charge in [-0.05, 0) is 0 Å². The van der Waals surface area contributed by atoms with Gasteiger partial charge in [-0.25, -0.2) is 14.4 Å². The van der Waals surface area contributed by atoms with Crippen molar-refractivity contribution in [2.24, 2.45) is 0 Å². The highest BCUT2D eigenvalue weighted by Crippen LogP contribution is 2.34. The third kappa shape index (κ3) is 0.939. The summed E-state index contributed by atoms with van der Waals surface area (Å²) in [5, 5.41) is 2.98. The lowest BCUT2D eigenvalue weighted by molar-refractivity contribution is 0.373. The van der Waals surface area contributed by atoms with Crippen molar-refractivity contribution < 1.29 is 4.39 Å². The van der Waals surface area contributed by atoms with Crippen LogP contribution < -0.4 is 5.32 Å². The minimum absolute atomic E-state index is 0.201. The van der Waals surface area contributed by atoms with Gasteiger partial charge in [-0.1, -0.05) is 11.6 Å². The van der Waals surface area contributed by atoms with Gasteiger partial charge in [0.15, 0.2) is 0 Å². The van der Waals surface area contributed by atoms with Gasteiger partial charge >= 0.3 is 0 Å². The fourth-order valence-electron chi connectivity index (χ4n) is 1.08. The van der Waals surface area contributed by atoms with Crippen molar-refractivity contribution >= 4 is 17.4 Å². The molecule has 11 heavy (non-hydrogen) atoms. The van der Waals surface area contributed by atoms with Crippen LogP contribution in [-0.4, -0.2) is 16.5 Å². The maximum Gasteiger partial charge on any atom is 0.149 e. The molecular formula is C6H5ClFN3. The molecule has 0 saturated heterocycles. The number of halogens is 2. The standard InChI is InChI=1S/C6H5ClFN3/c7-5-4-3(8)1-9-6(4)11-2-10-5/h2-3H,1H2,(H,9,10,11)/t3-/m1/s1. The van der Waals surface area contributed by atoms with Crippen molar-refractivity contribution in [3.8, 4) is 0 Å². The van der Waals surface area contributed by atoms with E-state index >= 15 is 0 Å². The van der Waals surface area contributed by atoms with Gasteiger partial charge < -0.3 is 5.32 Å². The van der Waals surface area contributed by atoms with Gasteiger partial charge in [0.25, 0.3) is 0 Å². The van der Waals surface area contributed by atoms with Crippen LogP contribution in [0.2, 0.25) is 5.15 Å². The first kappa shape index (κ1) is 6.79. The molecule has 0 aromatic carbocycles. The minimum atomic E-state index is -1.07. The van der Waals surface area contributed by atoms with E-state index in [0.717, 1.165) is 0 Å². The Bertz CT molecular complexity index is 291. The molecule has 1 atom stereocenters. The van der Waals surface area contributed by atoms with Crippen molar-refractivity contribution in [3.63, 3.8) is 0 Å². The van der Waals surface area contributed by atoms with Gasteiger partial charge in [0.05, 0.1) is 12.1 Å². The molecule has 0 radical (unpaired) electrons. The molecule has 1 aromatic rings. The van der Waals surface area contributed by atoms with Crippen LogP contribution in [0.3, 0.4) is 0 Å². The Morgan fingerprint density at radius 1 is 1.64 bits per heavy atom. The van der Waals surface area contributed by atoms with Crippen LogP contribution in [0.25, 0.3) is 0 Å². The lowest BCUT2D eigenvalue weighted by Gasteiger charge is -1.98. The number of nitrogens with zero attached hydrogens (tertiary/aromatic N) is 2. The zero-order valence-corrected chi connectivity index (χ0v) is 6.27. The molecule has 3 nitrogen and oxygen atoms in total. The maximum atomic E-state index is 13.0. The summed E-state index contributed by atoms with van der Waals surface area (Å²) in [6, 6.07) is 0. The topological polar surface area (TPSA) is 37.8 Å². The van der Waals surface area contributed by atoms with Crippen molar-refractivity contribution in [2.75, 3.05) is 11.9 Å². The lowest BCUT2D eigenvalue weighted by atomic mass is 10.2. The van der Waals surface area contributed by atoms with E-state index in [9.17, 15) is 4.39 Å². The molecule has 2 rings (SSSR count). The van der Waals surface area contributed by atoms with Crippen LogP contribution >= 0.6 is 11.6 Å². The number of aromatic nitrogens is 2. The normalized spacial score (nSPS) is 21.1. The maximum absolute atomic E-state index is 13.0. The van der Waals surface area contributed by atoms with Crippen LogP contribution in [-0.2, 0) is 0 Å². The van der Waals surface area contributed by atoms with Crippen molar-refractivity contribution in [1.29, 1.82) is 0 Å². The molecule has 1 aromatic heterocycles. The monoisotopic (exact) mass is 173 g/mol. The van der Waals surface area contributed by atoms with E-state index in [0.29, 0.717) is 11.4 Å². The van der Waals surface area contributed by atoms with Crippen LogP contribution in [0.5, 0.6) is 0 Å². The van der Waals surface area contributed by atoms with Gasteiger partial charge in [-0.15, -0.1) is 0 Å². The summed E-state index contributed by atoms with van der Waals surface area (Å²) in [6.07, 6.45) is 0.241. The van der Waals surface area contributed by atoms with Crippen molar-refractivity contribution in [2.45, 2.75) is 6.17 Å². The van der Waals surface area contributed by atoms with Crippen LogP contribution in [0.15, 0.2) is 6.33 Å². The molecule has 5 heteroatoms. The van der Waals surface area contributed by atoms with E-state index in [1.54, 1.807) is 0 Å². The molecule has 0 amide bonds. The average Bonchev–Trinajstić information content (AvgIpc) is 2.34. The largest absolute Gasteiger partial charge is 0.366 e. The summed E-state index contributed by atoms with van der Waals surface area (Å²) in [7, 11) is 0. The molecule has 0 fully saturated rings. The number of hydrogen-bond donors (Lipinski definition) is 1. The summed E-state index contributed by atoms with van der Waals surface area (Å²) in [5.41, 5.74) is 0.383. The van der Waals surface area contributed by atoms with Gasteiger partial charge in [-0.2, -0.15) is 0 Å². The number of hydrogen-bond acceptors (Lipinski definition) is 3. The van der Waals surface area contributed by atoms with E-state index in [-0.39, 0.29) is 11.7 Å². The Morgan fingerprint density at radius 3 is 3.18 bits per heavy atom. The van der Waals surface area contributed by atoms with E-state index in [1.165, 1.54) is 6.33 Å². The van der Waals surface area contributed by atoms with Gasteiger partial charge in [0.2, 0.25) is 0 Å². The van der Waals surface area contributed by atoms with Crippen molar-refractivity contribution in [3.05, 3.63) is 17.0 Å². The zero-order chi connectivity index (χ0) is 7.84. The highest BCUT2D eigenvalue weighted by atomic mass is 35.5. The quantitative estimate of drug-likeness (QED) is 0.606. The highest BCUT2D eigenvalue weighted by molar-refractivity contribution is 6.30. The molecule has 0 bridgehead atoms. The molecule has 0 aliphatic carbocycles. The molecule has 58 valence electrons. The SMILES string of the molecule is F[C@@H]1CNc2ncnc(Cl)c21. The number of nitrogens with one attached hydrogen (secondary N) is 1. The first-order valence-corrected chi connectivity index (χ1v) is 3.55. The molecule has 1 N–H and O–H groups in total. The highest BCUT2D eigenvalue weighted by Gasteiger charge is 2.25. The molecule has 0 spiro atoms. The van der Waals surface area contributed by atoms with Gasteiger partial charge in [-0.3, -0.25) is 0 Å². The Labute approximate surface area is 67.6 Å². The second kappa shape index (κ2) is 2.30. The van der Waals surface area contributed by atoms with E-state index in [4.69, 9.17) is 11.6 Å². The molecule has 1 aliphatic rings. The first-order valence-electron chi connectivity index (χ1n) is 3.17. The lowest BCUT2D eigenvalue weighted by Crippen LogP contribution is -1.95. The third-order valence-corrected chi connectivity index (χ3v) is 1.90. The summed E-state index contributed by atoms with van der Waals surface area (Å²) in [5.74, 6) is 0.512. The molecule has 0 saturated carbocycles. The predicted molar refractivity (Wildman–Crippen MR) is 39.4 cm³/mol. The van der Waals surface area contributed by atoms with Crippen molar-refractivity contribution in [1.82, 2.24) is 9.97 Å². The molecular weight excluding hydrogens is 169 g/mol. The summed E-state index contributed by atoms with van der Waals surface area (Å²) in [4.78, 5) is 7.50. The molecule has 1 aliphatic heterocycles. The smallest absolute Gasteiger partial charge is 0.149 e. The van der Waals surface area contributed by atoms with E-state index < -0.39 is 6.17 Å². The van der Waals surface area contributed by atoms with E-state index in [2.05, 4.69) is 15.3 Å². The summed E-state index contributed by atoms with van der Waals surface area (Å²) < 4.78 is 13.0. The number of rotatable bonds is 0. The summed E-state index contributed by atoms with van der Waals surface area (Å²) >= 11 is 5.63. The second-order valence-electron chi connectivity index (χ2n) is 2.28. The Balaban J connectivity index is 2.58. The Morgan fingerprint density at radius 2 is 2.45 bits per heavy atom. The van der Waals surface area contributed by atoms with Crippen LogP contribution in [0, 0.1) is 0 Å². The van der Waals surface area contributed by atoms with Crippen LogP contribution in [0.1, 0.15) is 11.7 Å². The molecule has 0 unspecified atom stereocenters. The first-order chi connectivity index (χ1) is 5.29. The average molecular weight is 174 g/mol. The fraction of sp³-hybridized carbons (Fsp3) is 0.333. The van der Waals surface area contributed by atoms with Gasteiger partial charge in [0, 0.05) is 0 Å². The zero-order valence-electron chi connectivity index (χ0n) is 5.51. The third-order valence-electron chi connectivity index (χ3n) is 1.60. The second-order valence-corrected chi connectivity index (χ2v) is 2.63. The minimum Gasteiger partial charge on any atom is -0.366 e. The van der Waals surface area contributed by atoms with Crippen LogP contribution in [0.4, 0.5) is 10.2 Å². The Kier molecular flexibility index (Phi) is 1.42. The van der Waals surface area contributed by atoms with Gasteiger partial charge in [0.1, 0.15) is 23.5 Å². The summed E-state index contributed by atoms with van der Waals surface area (Å²) in [6.45, 7) is 0.244. The predicted octanol–water partition coefficient (Wildman–Crippen LogP) is 1.57. The Hall–Kier alpha value is -0.900. The number of fused-ring (bicyclic) bond motifs is 1. The number of anilines is 1. The fourth-order valence-corrected chi connectivity index (χ4v) is 1.33. The van der Waals surface area contributed by atoms with E-state index in [1.807, 2.05) is 0 Å².